The van der Waals surface area contributed by atoms with Gasteiger partial charge in [-0.25, -0.2) is 0 Å². The van der Waals surface area contributed by atoms with Crippen LogP contribution >= 0.6 is 0 Å². The predicted octanol–water partition coefficient (Wildman–Crippen LogP) is 1.92. The SMILES string of the molecule is CCOC(CN1C(=O)C(=O)c2cccc(C)c21)OCC. The second-order valence-corrected chi connectivity index (χ2v) is 4.56. The molecule has 1 aromatic carbocycles. The van der Waals surface area contributed by atoms with Crippen molar-refractivity contribution in [3.63, 3.8) is 0 Å². The highest BCUT2D eigenvalue weighted by Crippen LogP contribution is 2.32. The lowest BCUT2D eigenvalue weighted by Crippen LogP contribution is -2.39. The van der Waals surface area contributed by atoms with Crippen LogP contribution in [0.2, 0.25) is 0 Å². The van der Waals surface area contributed by atoms with E-state index in [9.17, 15) is 9.59 Å². The zero-order valence-corrected chi connectivity index (χ0v) is 12.0. The Bertz CT molecular complexity index is 521. The second kappa shape index (κ2) is 6.15. The molecule has 5 heteroatoms. The molecule has 1 aliphatic rings. The van der Waals surface area contributed by atoms with Crippen LogP contribution in [0, 0.1) is 6.92 Å². The molecule has 108 valence electrons. The molecule has 0 N–H and O–H groups in total. The minimum Gasteiger partial charge on any atom is -0.351 e. The van der Waals surface area contributed by atoms with Gasteiger partial charge < -0.3 is 9.47 Å². The Balaban J connectivity index is 2.29. The summed E-state index contributed by atoms with van der Waals surface area (Å²) in [6.07, 6.45) is -0.521. The number of ether oxygens (including phenoxy) is 2. The molecule has 0 saturated heterocycles. The molecule has 5 nitrogen and oxygen atoms in total. The van der Waals surface area contributed by atoms with Crippen molar-refractivity contribution >= 4 is 17.4 Å². The summed E-state index contributed by atoms with van der Waals surface area (Å²) >= 11 is 0. The van der Waals surface area contributed by atoms with Gasteiger partial charge in [0.25, 0.3) is 11.7 Å². The Kier molecular flexibility index (Phi) is 4.52. The van der Waals surface area contributed by atoms with E-state index in [0.717, 1.165) is 5.56 Å². The molecule has 0 spiro atoms. The maximum Gasteiger partial charge on any atom is 0.299 e. The summed E-state index contributed by atoms with van der Waals surface area (Å²) in [5.74, 6) is -0.978. The molecule has 0 radical (unpaired) electrons. The molecule has 1 aliphatic heterocycles. The number of hydrogen-bond acceptors (Lipinski definition) is 4. The fourth-order valence-electron chi connectivity index (χ4n) is 2.39. The maximum absolute atomic E-state index is 12.1. The third kappa shape index (κ3) is 2.59. The first kappa shape index (κ1) is 14.7. The predicted molar refractivity (Wildman–Crippen MR) is 74.9 cm³/mol. The lowest BCUT2D eigenvalue weighted by molar-refractivity contribution is -0.134. The topological polar surface area (TPSA) is 55.8 Å². The number of hydrogen-bond donors (Lipinski definition) is 0. The van der Waals surface area contributed by atoms with E-state index in [0.29, 0.717) is 24.5 Å². The number of amides is 1. The summed E-state index contributed by atoms with van der Waals surface area (Å²) in [4.78, 5) is 25.6. The Morgan fingerprint density at radius 3 is 2.40 bits per heavy atom. The van der Waals surface area contributed by atoms with E-state index < -0.39 is 18.0 Å². The number of Topliss-reactive ketones (excluding diaryl/α,β-unsaturated/α-hetero) is 1. The van der Waals surface area contributed by atoms with Crippen LogP contribution in [0.5, 0.6) is 0 Å². The van der Waals surface area contributed by atoms with Crippen molar-refractivity contribution in [2.24, 2.45) is 0 Å². The van der Waals surface area contributed by atoms with Crippen LogP contribution in [0.15, 0.2) is 18.2 Å². The Morgan fingerprint density at radius 1 is 1.15 bits per heavy atom. The highest BCUT2D eigenvalue weighted by molar-refractivity contribution is 6.52. The summed E-state index contributed by atoms with van der Waals surface area (Å²) in [6.45, 7) is 6.81. The first-order valence-corrected chi connectivity index (χ1v) is 6.79. The monoisotopic (exact) mass is 277 g/mol. The number of aryl methyl sites for hydroxylation is 1. The minimum atomic E-state index is -0.521. The zero-order valence-electron chi connectivity index (χ0n) is 12.0. The molecule has 1 heterocycles. The third-order valence-electron chi connectivity index (χ3n) is 3.23. The molecule has 0 atom stereocenters. The van der Waals surface area contributed by atoms with E-state index in [1.807, 2.05) is 26.8 Å². The number of anilines is 1. The Labute approximate surface area is 118 Å². The van der Waals surface area contributed by atoms with Crippen LogP contribution in [0.3, 0.4) is 0 Å². The summed E-state index contributed by atoms with van der Waals surface area (Å²) in [7, 11) is 0. The van der Waals surface area contributed by atoms with Crippen molar-refractivity contribution in [2.75, 3.05) is 24.7 Å². The van der Waals surface area contributed by atoms with E-state index in [2.05, 4.69) is 0 Å². The first-order chi connectivity index (χ1) is 9.60. The van der Waals surface area contributed by atoms with Gasteiger partial charge in [-0.05, 0) is 32.4 Å². The molecular weight excluding hydrogens is 258 g/mol. The fraction of sp³-hybridized carbons (Fsp3) is 0.467. The Morgan fingerprint density at radius 2 is 1.80 bits per heavy atom. The van der Waals surface area contributed by atoms with Gasteiger partial charge in [0.05, 0.1) is 17.8 Å². The van der Waals surface area contributed by atoms with Crippen molar-refractivity contribution < 1.29 is 19.1 Å². The van der Waals surface area contributed by atoms with Crippen LogP contribution < -0.4 is 4.90 Å². The standard InChI is InChI=1S/C15H19NO4/c1-4-19-12(20-5-2)9-16-13-10(3)7-6-8-11(13)14(17)15(16)18/h6-8,12H,4-5,9H2,1-3H3. The number of carbonyl (C=O) groups excluding carboxylic acids is 2. The lowest BCUT2D eigenvalue weighted by atomic mass is 10.1. The van der Waals surface area contributed by atoms with E-state index in [4.69, 9.17) is 9.47 Å². The molecule has 0 aromatic heterocycles. The van der Waals surface area contributed by atoms with Crippen molar-refractivity contribution in [3.05, 3.63) is 29.3 Å². The van der Waals surface area contributed by atoms with Crippen LogP contribution in [-0.4, -0.2) is 37.7 Å². The van der Waals surface area contributed by atoms with Gasteiger partial charge in [-0.3, -0.25) is 14.5 Å². The smallest absolute Gasteiger partial charge is 0.299 e. The van der Waals surface area contributed by atoms with Gasteiger partial charge >= 0.3 is 0 Å². The summed E-state index contributed by atoms with van der Waals surface area (Å²) in [5.41, 5.74) is 2.03. The molecule has 1 amide bonds. The van der Waals surface area contributed by atoms with Crippen molar-refractivity contribution in [1.29, 1.82) is 0 Å². The zero-order chi connectivity index (χ0) is 14.7. The number of benzene rings is 1. The Hall–Kier alpha value is -1.72. The molecule has 0 unspecified atom stereocenters. The molecule has 0 saturated carbocycles. The number of fused-ring (bicyclic) bond motifs is 1. The van der Waals surface area contributed by atoms with E-state index in [-0.39, 0.29) is 6.54 Å². The van der Waals surface area contributed by atoms with Gasteiger partial charge in [0.2, 0.25) is 0 Å². The lowest BCUT2D eigenvalue weighted by Gasteiger charge is -2.24. The molecular formula is C15H19NO4. The van der Waals surface area contributed by atoms with Crippen LogP contribution in [-0.2, 0) is 14.3 Å². The first-order valence-electron chi connectivity index (χ1n) is 6.79. The van der Waals surface area contributed by atoms with Gasteiger partial charge in [-0.1, -0.05) is 12.1 Å². The van der Waals surface area contributed by atoms with E-state index in [1.54, 1.807) is 12.1 Å². The number of rotatable bonds is 6. The molecule has 20 heavy (non-hydrogen) atoms. The minimum absolute atomic E-state index is 0.226. The van der Waals surface area contributed by atoms with Crippen molar-refractivity contribution in [1.82, 2.24) is 0 Å². The second-order valence-electron chi connectivity index (χ2n) is 4.56. The van der Waals surface area contributed by atoms with Gasteiger partial charge in [-0.15, -0.1) is 0 Å². The van der Waals surface area contributed by atoms with Crippen molar-refractivity contribution in [2.45, 2.75) is 27.1 Å². The molecule has 0 fully saturated rings. The summed E-state index contributed by atoms with van der Waals surface area (Å²) < 4.78 is 10.9. The van der Waals surface area contributed by atoms with Gasteiger partial charge in [-0.2, -0.15) is 0 Å². The van der Waals surface area contributed by atoms with Gasteiger partial charge in [0, 0.05) is 13.2 Å². The average molecular weight is 277 g/mol. The maximum atomic E-state index is 12.1. The van der Waals surface area contributed by atoms with Crippen LogP contribution in [0.1, 0.15) is 29.8 Å². The van der Waals surface area contributed by atoms with Gasteiger partial charge in [0.15, 0.2) is 6.29 Å². The van der Waals surface area contributed by atoms with Crippen LogP contribution in [0.25, 0.3) is 0 Å². The highest BCUT2D eigenvalue weighted by atomic mass is 16.7. The fourth-order valence-corrected chi connectivity index (χ4v) is 2.39. The van der Waals surface area contributed by atoms with E-state index in [1.165, 1.54) is 4.90 Å². The molecule has 2 rings (SSSR count). The van der Waals surface area contributed by atoms with Crippen molar-refractivity contribution in [3.8, 4) is 0 Å². The van der Waals surface area contributed by atoms with E-state index >= 15 is 0 Å². The number of nitrogens with zero attached hydrogens (tertiary/aromatic N) is 1. The van der Waals surface area contributed by atoms with Gasteiger partial charge in [0.1, 0.15) is 0 Å². The largest absolute Gasteiger partial charge is 0.351 e. The molecule has 0 bridgehead atoms. The normalized spacial score (nSPS) is 14.3. The molecule has 1 aromatic rings. The summed E-state index contributed by atoms with van der Waals surface area (Å²) in [5, 5.41) is 0. The highest BCUT2D eigenvalue weighted by Gasteiger charge is 2.38. The quantitative estimate of drug-likeness (QED) is 0.589. The molecule has 0 aliphatic carbocycles. The number of para-hydroxylation sites is 1. The number of carbonyl (C=O) groups is 2. The average Bonchev–Trinajstić information content (AvgIpc) is 2.66. The number of ketones is 1. The summed E-state index contributed by atoms with van der Waals surface area (Å²) in [6, 6.07) is 5.35. The van der Waals surface area contributed by atoms with Crippen LogP contribution in [0.4, 0.5) is 5.69 Å². The third-order valence-corrected chi connectivity index (χ3v) is 3.23.